The monoisotopic (exact) mass is 356 g/mol. The van der Waals surface area contributed by atoms with E-state index in [2.05, 4.69) is 10.4 Å². The highest BCUT2D eigenvalue weighted by Crippen LogP contribution is 2.29. The van der Waals surface area contributed by atoms with Gasteiger partial charge in [0.1, 0.15) is 16.1 Å². The van der Waals surface area contributed by atoms with Crippen molar-refractivity contribution >= 4 is 33.1 Å². The molecule has 1 saturated heterocycles. The number of carbonyl (C=O) groups excluding carboxylic acids is 1. The van der Waals surface area contributed by atoms with E-state index in [0.29, 0.717) is 12.4 Å². The maximum absolute atomic E-state index is 12.2. The van der Waals surface area contributed by atoms with Crippen molar-refractivity contribution in [2.24, 2.45) is 12.2 Å². The van der Waals surface area contributed by atoms with Crippen LogP contribution in [0.1, 0.15) is 34.3 Å². The van der Waals surface area contributed by atoms with Crippen LogP contribution in [0.3, 0.4) is 0 Å². The number of nitrogens with two attached hydrogens (primary N) is 1. The first-order valence-electron chi connectivity index (χ1n) is 6.94. The molecule has 0 aromatic carbocycles. The fraction of sp³-hybridized carbons (Fsp3) is 0.385. The lowest BCUT2D eigenvalue weighted by Crippen LogP contribution is -2.13. The topological polar surface area (TPSA) is 116 Å². The molecule has 1 unspecified atom stereocenters. The van der Waals surface area contributed by atoms with Crippen LogP contribution in [-0.4, -0.2) is 30.7 Å². The van der Waals surface area contributed by atoms with E-state index in [1.54, 1.807) is 17.8 Å². The predicted octanol–water partition coefficient (Wildman–Crippen LogP) is 1.23. The molecule has 1 aliphatic heterocycles. The van der Waals surface area contributed by atoms with Gasteiger partial charge in [-0.05, 0) is 25.0 Å². The molecule has 0 bridgehead atoms. The van der Waals surface area contributed by atoms with Gasteiger partial charge in [0, 0.05) is 19.7 Å². The molecule has 2 aromatic rings. The smallest absolute Gasteiger partial charge is 0.266 e. The summed E-state index contributed by atoms with van der Waals surface area (Å²) in [6, 6.07) is 4.51. The van der Waals surface area contributed by atoms with Gasteiger partial charge >= 0.3 is 0 Å². The summed E-state index contributed by atoms with van der Waals surface area (Å²) >= 11 is 0.826. The molecule has 0 spiro atoms. The number of anilines is 1. The number of hydrogen-bond donors (Lipinski definition) is 2. The average Bonchev–Trinajstić information content (AvgIpc) is 3.17. The Bertz CT molecular complexity index is 834. The molecule has 1 aliphatic rings. The Morgan fingerprint density at radius 2 is 2.30 bits per heavy atom. The summed E-state index contributed by atoms with van der Waals surface area (Å²) in [5.74, 6) is 0.109. The molecule has 3 heterocycles. The minimum Gasteiger partial charge on any atom is -0.372 e. The molecule has 8 nitrogen and oxygen atoms in total. The third kappa shape index (κ3) is 3.44. The van der Waals surface area contributed by atoms with Crippen molar-refractivity contribution in [2.45, 2.75) is 23.2 Å². The van der Waals surface area contributed by atoms with Crippen LogP contribution >= 0.6 is 11.3 Å². The Balaban J connectivity index is 1.76. The zero-order valence-corrected chi connectivity index (χ0v) is 14.0. The second-order valence-electron chi connectivity index (χ2n) is 5.20. The number of rotatable bonds is 4. The lowest BCUT2D eigenvalue weighted by atomic mass is 10.2. The van der Waals surface area contributed by atoms with E-state index in [1.807, 2.05) is 0 Å². The molecule has 23 heavy (non-hydrogen) atoms. The van der Waals surface area contributed by atoms with Crippen LogP contribution in [0.15, 0.2) is 22.4 Å². The molecule has 0 radical (unpaired) electrons. The van der Waals surface area contributed by atoms with Gasteiger partial charge in [-0.25, -0.2) is 13.6 Å². The van der Waals surface area contributed by atoms with Crippen molar-refractivity contribution in [2.75, 3.05) is 11.9 Å². The van der Waals surface area contributed by atoms with Crippen molar-refractivity contribution in [1.82, 2.24) is 9.78 Å². The minimum absolute atomic E-state index is 0.0393. The fourth-order valence-corrected chi connectivity index (χ4v) is 3.97. The van der Waals surface area contributed by atoms with Crippen molar-refractivity contribution in [3.63, 3.8) is 0 Å². The first kappa shape index (κ1) is 16.1. The van der Waals surface area contributed by atoms with E-state index in [-0.39, 0.29) is 15.2 Å². The van der Waals surface area contributed by atoms with Crippen LogP contribution in [0.25, 0.3) is 0 Å². The molecule has 0 saturated carbocycles. The lowest BCUT2D eigenvalue weighted by molar-refractivity contribution is 0.102. The van der Waals surface area contributed by atoms with E-state index < -0.39 is 15.9 Å². The number of thiophene rings is 1. The third-order valence-corrected chi connectivity index (χ3v) is 6.01. The number of aromatic nitrogens is 2. The quantitative estimate of drug-likeness (QED) is 0.855. The molecule has 10 heteroatoms. The van der Waals surface area contributed by atoms with Crippen LogP contribution in [0.4, 0.5) is 5.82 Å². The molecule has 1 fully saturated rings. The molecule has 3 rings (SSSR count). The number of carbonyl (C=O) groups is 1. The molecule has 1 atom stereocenters. The molecule has 124 valence electrons. The zero-order chi connectivity index (χ0) is 16.6. The number of sulfonamides is 1. The zero-order valence-electron chi connectivity index (χ0n) is 12.4. The largest absolute Gasteiger partial charge is 0.372 e. The Morgan fingerprint density at radius 3 is 2.91 bits per heavy atom. The SMILES string of the molecule is Cn1nc(C2CCCO2)cc1NC(=O)c1ccc(S(N)(=O)=O)s1. The Labute approximate surface area is 137 Å². The summed E-state index contributed by atoms with van der Waals surface area (Å²) in [6.45, 7) is 0.717. The summed E-state index contributed by atoms with van der Waals surface area (Å²) in [7, 11) is -2.08. The summed E-state index contributed by atoms with van der Waals surface area (Å²) in [4.78, 5) is 12.5. The predicted molar refractivity (Wildman–Crippen MR) is 84.8 cm³/mol. The minimum atomic E-state index is -3.80. The normalized spacial score (nSPS) is 18.3. The molecule has 0 aliphatic carbocycles. The van der Waals surface area contributed by atoms with Gasteiger partial charge < -0.3 is 10.1 Å². The number of nitrogens with one attached hydrogen (secondary N) is 1. The Morgan fingerprint density at radius 1 is 1.52 bits per heavy atom. The number of nitrogens with zero attached hydrogens (tertiary/aromatic N) is 2. The van der Waals surface area contributed by atoms with E-state index in [1.165, 1.54) is 12.1 Å². The highest BCUT2D eigenvalue weighted by Gasteiger charge is 2.22. The second-order valence-corrected chi connectivity index (χ2v) is 8.07. The van der Waals surface area contributed by atoms with Crippen LogP contribution in [0.5, 0.6) is 0 Å². The Kier molecular flexibility index (Phi) is 4.23. The van der Waals surface area contributed by atoms with E-state index >= 15 is 0 Å². The number of aryl methyl sites for hydroxylation is 1. The number of amides is 1. The third-order valence-electron chi connectivity index (χ3n) is 3.49. The van der Waals surface area contributed by atoms with E-state index in [9.17, 15) is 13.2 Å². The highest BCUT2D eigenvalue weighted by atomic mass is 32.2. The van der Waals surface area contributed by atoms with Crippen molar-refractivity contribution in [3.05, 3.63) is 28.8 Å². The summed E-state index contributed by atoms with van der Waals surface area (Å²) in [6.07, 6.45) is 1.86. The van der Waals surface area contributed by atoms with Gasteiger partial charge in [0.2, 0.25) is 10.0 Å². The molecule has 2 aromatic heterocycles. The summed E-state index contributed by atoms with van der Waals surface area (Å²) in [5, 5.41) is 12.1. The molecule has 3 N–H and O–H groups in total. The van der Waals surface area contributed by atoms with Crippen molar-refractivity contribution in [1.29, 1.82) is 0 Å². The molecule has 1 amide bonds. The van der Waals surface area contributed by atoms with Gasteiger partial charge in [0.05, 0.1) is 10.6 Å². The number of hydrogen-bond acceptors (Lipinski definition) is 6. The standard InChI is InChI=1S/C13H16N4O4S2/c1-17-11(7-8(16-17)9-3-2-6-21-9)15-13(18)10-4-5-12(22-10)23(14,19)20/h4-5,7,9H,2-3,6H2,1H3,(H,15,18)(H2,14,19,20). The number of primary sulfonamides is 1. The van der Waals surface area contributed by atoms with E-state index in [4.69, 9.17) is 9.88 Å². The maximum Gasteiger partial charge on any atom is 0.266 e. The van der Waals surface area contributed by atoms with Crippen LogP contribution in [0.2, 0.25) is 0 Å². The average molecular weight is 356 g/mol. The summed E-state index contributed by atoms with van der Waals surface area (Å²) in [5.41, 5.74) is 0.775. The fourth-order valence-electron chi connectivity index (χ4n) is 2.35. The van der Waals surface area contributed by atoms with Gasteiger partial charge in [0.25, 0.3) is 5.91 Å². The van der Waals surface area contributed by atoms with Crippen LogP contribution in [0, 0.1) is 0 Å². The first-order chi connectivity index (χ1) is 10.8. The van der Waals surface area contributed by atoms with Crippen LogP contribution < -0.4 is 10.5 Å². The number of ether oxygens (including phenoxy) is 1. The van der Waals surface area contributed by atoms with E-state index in [0.717, 1.165) is 29.9 Å². The van der Waals surface area contributed by atoms with Gasteiger partial charge in [-0.15, -0.1) is 11.3 Å². The second kappa shape index (κ2) is 6.04. The first-order valence-corrected chi connectivity index (χ1v) is 9.30. The lowest BCUT2D eigenvalue weighted by Gasteiger charge is -2.03. The molecular weight excluding hydrogens is 340 g/mol. The van der Waals surface area contributed by atoms with Gasteiger partial charge in [0.15, 0.2) is 0 Å². The van der Waals surface area contributed by atoms with Crippen LogP contribution in [-0.2, 0) is 21.8 Å². The van der Waals surface area contributed by atoms with Gasteiger partial charge in [-0.2, -0.15) is 5.10 Å². The Hall–Kier alpha value is -1.75. The maximum atomic E-state index is 12.2. The molecular formula is C13H16N4O4S2. The van der Waals surface area contributed by atoms with Crippen molar-refractivity contribution in [3.8, 4) is 0 Å². The highest BCUT2D eigenvalue weighted by molar-refractivity contribution is 7.91. The van der Waals surface area contributed by atoms with Gasteiger partial charge in [-0.3, -0.25) is 9.48 Å². The van der Waals surface area contributed by atoms with Crippen molar-refractivity contribution < 1.29 is 17.9 Å². The van der Waals surface area contributed by atoms with Gasteiger partial charge in [-0.1, -0.05) is 0 Å². The summed E-state index contributed by atoms with van der Waals surface area (Å²) < 4.78 is 29.6.